The predicted molar refractivity (Wildman–Crippen MR) is 103 cm³/mol. The SMILES string of the molecule is CC(C)c1c(C(=O)NCCc2cccs2)cnn1-c1ccc(Cl)cc1. The maximum atomic E-state index is 12.6. The van der Waals surface area contributed by atoms with Gasteiger partial charge in [0, 0.05) is 16.4 Å². The summed E-state index contributed by atoms with van der Waals surface area (Å²) in [5, 5.41) is 10.2. The molecule has 0 atom stereocenters. The number of carbonyl (C=O) groups excluding carboxylic acids is 1. The van der Waals surface area contributed by atoms with E-state index in [9.17, 15) is 4.79 Å². The van der Waals surface area contributed by atoms with E-state index in [0.717, 1.165) is 17.8 Å². The largest absolute Gasteiger partial charge is 0.352 e. The van der Waals surface area contributed by atoms with Crippen molar-refractivity contribution in [3.8, 4) is 5.69 Å². The Balaban J connectivity index is 1.78. The molecule has 0 bridgehead atoms. The first-order chi connectivity index (χ1) is 12.1. The van der Waals surface area contributed by atoms with Gasteiger partial charge in [-0.1, -0.05) is 31.5 Å². The Labute approximate surface area is 156 Å². The van der Waals surface area contributed by atoms with Gasteiger partial charge in [0.2, 0.25) is 0 Å². The van der Waals surface area contributed by atoms with E-state index in [2.05, 4.69) is 30.3 Å². The first kappa shape index (κ1) is 17.7. The van der Waals surface area contributed by atoms with E-state index in [1.54, 1.807) is 17.5 Å². The van der Waals surface area contributed by atoms with Crippen molar-refractivity contribution in [1.82, 2.24) is 15.1 Å². The Kier molecular flexibility index (Phi) is 5.56. The molecule has 0 aliphatic rings. The van der Waals surface area contributed by atoms with Gasteiger partial charge >= 0.3 is 0 Å². The zero-order valence-electron chi connectivity index (χ0n) is 14.2. The summed E-state index contributed by atoms with van der Waals surface area (Å²) in [6.07, 6.45) is 2.48. The minimum atomic E-state index is -0.0829. The van der Waals surface area contributed by atoms with Crippen molar-refractivity contribution < 1.29 is 4.79 Å². The highest BCUT2D eigenvalue weighted by molar-refractivity contribution is 7.09. The van der Waals surface area contributed by atoms with Crippen LogP contribution in [0.4, 0.5) is 0 Å². The Morgan fingerprint density at radius 2 is 2.04 bits per heavy atom. The Hall–Kier alpha value is -2.11. The van der Waals surface area contributed by atoms with E-state index in [4.69, 9.17) is 11.6 Å². The number of nitrogens with zero attached hydrogens (tertiary/aromatic N) is 2. The second kappa shape index (κ2) is 7.85. The minimum Gasteiger partial charge on any atom is -0.352 e. The van der Waals surface area contributed by atoms with Crippen molar-refractivity contribution in [2.45, 2.75) is 26.2 Å². The van der Waals surface area contributed by atoms with Crippen LogP contribution in [0.5, 0.6) is 0 Å². The highest BCUT2D eigenvalue weighted by Crippen LogP contribution is 2.24. The van der Waals surface area contributed by atoms with Crippen LogP contribution in [0, 0.1) is 0 Å². The molecule has 0 aliphatic heterocycles. The van der Waals surface area contributed by atoms with E-state index in [0.29, 0.717) is 17.1 Å². The van der Waals surface area contributed by atoms with E-state index in [1.807, 2.05) is 40.4 Å². The van der Waals surface area contributed by atoms with Crippen LogP contribution in [-0.4, -0.2) is 22.2 Å². The van der Waals surface area contributed by atoms with Crippen molar-refractivity contribution in [3.63, 3.8) is 0 Å². The van der Waals surface area contributed by atoms with Gasteiger partial charge in [-0.2, -0.15) is 5.10 Å². The van der Waals surface area contributed by atoms with Crippen molar-refractivity contribution >= 4 is 28.8 Å². The second-order valence-corrected chi connectivity index (χ2v) is 7.54. The third kappa shape index (κ3) is 4.11. The standard InChI is InChI=1S/C19H20ClN3OS/c1-13(2)18-17(19(24)21-10-9-16-4-3-11-25-16)12-22-23(18)15-7-5-14(20)6-8-15/h3-8,11-13H,9-10H2,1-2H3,(H,21,24). The third-order valence-corrected chi connectivity index (χ3v) is 5.09. The molecule has 0 spiro atoms. The summed E-state index contributed by atoms with van der Waals surface area (Å²) in [4.78, 5) is 13.9. The van der Waals surface area contributed by atoms with Gasteiger partial charge in [0.25, 0.3) is 5.91 Å². The van der Waals surface area contributed by atoms with E-state index in [-0.39, 0.29) is 11.8 Å². The fraction of sp³-hybridized carbons (Fsp3) is 0.263. The van der Waals surface area contributed by atoms with Gasteiger partial charge in [0.15, 0.2) is 0 Å². The fourth-order valence-corrected chi connectivity index (χ4v) is 3.56. The molecule has 0 fully saturated rings. The molecule has 2 heterocycles. The average molecular weight is 374 g/mol. The lowest BCUT2D eigenvalue weighted by molar-refractivity contribution is 0.0953. The molecule has 1 N–H and O–H groups in total. The van der Waals surface area contributed by atoms with Crippen LogP contribution in [0.25, 0.3) is 5.69 Å². The van der Waals surface area contributed by atoms with Gasteiger partial charge in [0.05, 0.1) is 23.1 Å². The lowest BCUT2D eigenvalue weighted by Crippen LogP contribution is -2.26. The van der Waals surface area contributed by atoms with Crippen molar-refractivity contribution in [3.05, 3.63) is 69.1 Å². The summed E-state index contributed by atoms with van der Waals surface area (Å²) in [7, 11) is 0. The first-order valence-corrected chi connectivity index (χ1v) is 9.46. The van der Waals surface area contributed by atoms with Crippen LogP contribution in [0.1, 0.15) is 40.7 Å². The van der Waals surface area contributed by atoms with Gasteiger partial charge < -0.3 is 5.32 Å². The van der Waals surface area contributed by atoms with Crippen molar-refractivity contribution in [2.24, 2.45) is 0 Å². The molecule has 1 aromatic carbocycles. The van der Waals surface area contributed by atoms with E-state index < -0.39 is 0 Å². The molecule has 25 heavy (non-hydrogen) atoms. The molecule has 0 aliphatic carbocycles. The van der Waals surface area contributed by atoms with Crippen molar-refractivity contribution in [1.29, 1.82) is 0 Å². The predicted octanol–water partition coefficient (Wildman–Crippen LogP) is 4.68. The average Bonchev–Trinajstić information content (AvgIpc) is 3.24. The molecule has 0 saturated heterocycles. The van der Waals surface area contributed by atoms with Gasteiger partial charge in [-0.25, -0.2) is 4.68 Å². The molecule has 3 rings (SSSR count). The number of benzene rings is 1. The Morgan fingerprint density at radius 1 is 1.28 bits per heavy atom. The normalized spacial score (nSPS) is 11.0. The number of nitrogens with one attached hydrogen (secondary N) is 1. The molecular formula is C19H20ClN3OS. The number of aromatic nitrogens is 2. The summed E-state index contributed by atoms with van der Waals surface area (Å²) in [5.74, 6) is 0.0803. The second-order valence-electron chi connectivity index (χ2n) is 6.07. The zero-order valence-corrected chi connectivity index (χ0v) is 15.8. The zero-order chi connectivity index (χ0) is 17.8. The minimum absolute atomic E-state index is 0.0829. The first-order valence-electron chi connectivity index (χ1n) is 8.20. The highest BCUT2D eigenvalue weighted by atomic mass is 35.5. The number of hydrogen-bond donors (Lipinski definition) is 1. The molecule has 6 heteroatoms. The molecule has 4 nitrogen and oxygen atoms in total. The highest BCUT2D eigenvalue weighted by Gasteiger charge is 2.20. The fourth-order valence-electron chi connectivity index (χ4n) is 2.73. The molecule has 0 unspecified atom stereocenters. The maximum Gasteiger partial charge on any atom is 0.254 e. The number of halogens is 1. The molecule has 3 aromatic rings. The van der Waals surface area contributed by atoms with Gasteiger partial charge in [-0.05, 0) is 48.1 Å². The number of thiophene rings is 1. The van der Waals surface area contributed by atoms with Crippen LogP contribution in [-0.2, 0) is 6.42 Å². The quantitative estimate of drug-likeness (QED) is 0.681. The lowest BCUT2D eigenvalue weighted by atomic mass is 10.0. The maximum absolute atomic E-state index is 12.6. The van der Waals surface area contributed by atoms with Gasteiger partial charge in [-0.15, -0.1) is 11.3 Å². The van der Waals surface area contributed by atoms with Gasteiger partial charge in [-0.3, -0.25) is 4.79 Å². The summed E-state index contributed by atoms with van der Waals surface area (Å²) in [6.45, 7) is 4.74. The Bertz CT molecular complexity index is 838. The van der Waals surface area contributed by atoms with Crippen LogP contribution in [0.15, 0.2) is 48.0 Å². The molecule has 130 valence electrons. The third-order valence-electron chi connectivity index (χ3n) is 3.91. The number of amides is 1. The van der Waals surface area contributed by atoms with Gasteiger partial charge in [0.1, 0.15) is 0 Å². The lowest BCUT2D eigenvalue weighted by Gasteiger charge is -2.13. The van der Waals surface area contributed by atoms with E-state index >= 15 is 0 Å². The van der Waals surface area contributed by atoms with Crippen LogP contribution < -0.4 is 5.32 Å². The summed E-state index contributed by atoms with van der Waals surface area (Å²) in [5.41, 5.74) is 2.41. The molecule has 2 aromatic heterocycles. The molecule has 0 saturated carbocycles. The molecule has 0 radical (unpaired) electrons. The molecular weight excluding hydrogens is 354 g/mol. The van der Waals surface area contributed by atoms with Crippen LogP contribution >= 0.6 is 22.9 Å². The van der Waals surface area contributed by atoms with E-state index in [1.165, 1.54) is 4.88 Å². The topological polar surface area (TPSA) is 46.9 Å². The number of hydrogen-bond acceptors (Lipinski definition) is 3. The van der Waals surface area contributed by atoms with Crippen LogP contribution in [0.3, 0.4) is 0 Å². The van der Waals surface area contributed by atoms with Crippen LogP contribution in [0.2, 0.25) is 5.02 Å². The number of carbonyl (C=O) groups is 1. The molecule has 1 amide bonds. The Morgan fingerprint density at radius 3 is 2.68 bits per heavy atom. The smallest absolute Gasteiger partial charge is 0.254 e. The summed E-state index contributed by atoms with van der Waals surface area (Å²) < 4.78 is 1.81. The van der Waals surface area contributed by atoms with Crippen molar-refractivity contribution in [2.75, 3.05) is 6.54 Å². The summed E-state index contributed by atoms with van der Waals surface area (Å²) >= 11 is 7.67. The number of rotatable bonds is 6. The monoisotopic (exact) mass is 373 g/mol. The summed E-state index contributed by atoms with van der Waals surface area (Å²) in [6, 6.07) is 11.6.